The number of likely N-dealkylation sites (N-methyl/N-ethyl adjacent to an activating group) is 1. The SMILES string of the molecule is CCCCC/C=C\C/C=C\C/C=C\CCCCCCCCCCC(=O)OC(/C=C/CCCCCCCCCCC)C(COP(=O)(O)OCC[N+](C)(C)C)NC(=O)CCCCCCCCCCC/C=C\C/C=C\CCCCC. The maximum atomic E-state index is 13.6. The van der Waals surface area contributed by atoms with Crippen LogP contribution in [0.2, 0.25) is 0 Å². The number of hydrogen-bond donors (Lipinski definition) is 2. The highest BCUT2D eigenvalue weighted by molar-refractivity contribution is 7.47. The van der Waals surface area contributed by atoms with Gasteiger partial charge in [0.15, 0.2) is 0 Å². The summed E-state index contributed by atoms with van der Waals surface area (Å²) >= 11 is 0. The van der Waals surface area contributed by atoms with Crippen molar-refractivity contribution in [3.05, 3.63) is 72.9 Å². The number of unbranched alkanes of at least 4 members (excludes halogenated alkanes) is 32. The van der Waals surface area contributed by atoms with Crippen molar-refractivity contribution in [3.8, 4) is 0 Å². The summed E-state index contributed by atoms with van der Waals surface area (Å²) in [7, 11) is 1.49. The number of rotatable bonds is 58. The number of amides is 1. The van der Waals surface area contributed by atoms with E-state index in [1.807, 2.05) is 33.3 Å². The standard InChI is InChI=1S/C67H123N2O7P/c1-7-10-13-16-19-22-25-27-29-31-33-34-36-38-40-42-45-48-51-54-57-60-67(71)76-65(58-55-52-49-46-43-24-21-18-15-12-9-3)64(63-75-77(72,73)74-62-61-69(4,5)6)68-66(70)59-56-53-50-47-44-41-39-37-35-32-30-28-26-23-20-17-14-11-8-2/h19-20,22-23,27-30,33-34,55,58,64-65H,7-18,21,24-26,31-32,35-54,56-57,59-63H2,1-6H3,(H-,68,70,72,73)/p+1/b22-19-,23-20-,29-27-,30-28-,34-33-,58-55+. The van der Waals surface area contributed by atoms with Crippen LogP contribution in [0, 0.1) is 0 Å². The number of carbonyl (C=O) groups is 2. The van der Waals surface area contributed by atoms with Crippen LogP contribution in [0.4, 0.5) is 0 Å². The molecule has 0 aromatic rings. The first kappa shape index (κ1) is 74.5. The second-order valence-corrected chi connectivity index (χ2v) is 24.4. The predicted octanol–water partition coefficient (Wildman–Crippen LogP) is 20.0. The highest BCUT2D eigenvalue weighted by atomic mass is 31.2. The highest BCUT2D eigenvalue weighted by Gasteiger charge is 2.30. The number of phosphoric ester groups is 1. The maximum absolute atomic E-state index is 13.6. The first-order valence-electron chi connectivity index (χ1n) is 32.3. The number of phosphoric acid groups is 1. The smallest absolute Gasteiger partial charge is 0.456 e. The molecule has 3 unspecified atom stereocenters. The maximum Gasteiger partial charge on any atom is 0.472 e. The van der Waals surface area contributed by atoms with Crippen molar-refractivity contribution in [1.29, 1.82) is 0 Å². The topological polar surface area (TPSA) is 111 Å². The van der Waals surface area contributed by atoms with Gasteiger partial charge >= 0.3 is 13.8 Å². The number of esters is 1. The number of allylic oxidation sites excluding steroid dienone is 11. The minimum Gasteiger partial charge on any atom is -0.456 e. The molecule has 0 aromatic carbocycles. The first-order chi connectivity index (χ1) is 37.4. The van der Waals surface area contributed by atoms with E-state index in [1.54, 1.807) is 0 Å². The van der Waals surface area contributed by atoms with E-state index in [4.69, 9.17) is 13.8 Å². The molecule has 448 valence electrons. The molecule has 10 heteroatoms. The molecule has 0 radical (unpaired) electrons. The number of nitrogens with one attached hydrogen (secondary N) is 1. The lowest BCUT2D eigenvalue weighted by Gasteiger charge is -2.27. The molecule has 0 saturated carbocycles. The molecule has 77 heavy (non-hydrogen) atoms. The van der Waals surface area contributed by atoms with Gasteiger partial charge in [0.05, 0.1) is 33.8 Å². The van der Waals surface area contributed by atoms with Crippen molar-refractivity contribution in [2.45, 2.75) is 303 Å². The van der Waals surface area contributed by atoms with Gasteiger partial charge in [-0.05, 0) is 102 Å². The van der Waals surface area contributed by atoms with Crippen LogP contribution in [-0.4, -0.2) is 74.3 Å². The zero-order valence-electron chi connectivity index (χ0n) is 51.2. The van der Waals surface area contributed by atoms with Crippen LogP contribution in [0.5, 0.6) is 0 Å². The molecule has 0 bridgehead atoms. The average Bonchev–Trinajstić information content (AvgIpc) is 3.39. The molecule has 3 atom stereocenters. The highest BCUT2D eigenvalue weighted by Crippen LogP contribution is 2.43. The van der Waals surface area contributed by atoms with Crippen molar-refractivity contribution in [2.24, 2.45) is 0 Å². The third kappa shape index (κ3) is 57.9. The van der Waals surface area contributed by atoms with Crippen LogP contribution in [0.25, 0.3) is 0 Å². The molecule has 0 aliphatic heterocycles. The number of carbonyl (C=O) groups excluding carboxylic acids is 2. The largest absolute Gasteiger partial charge is 0.472 e. The molecular weight excluding hydrogens is 976 g/mol. The molecule has 2 N–H and O–H groups in total. The Hall–Kier alpha value is -2.55. The normalized spacial score (nSPS) is 14.1. The zero-order valence-corrected chi connectivity index (χ0v) is 52.1. The Bertz CT molecular complexity index is 1550. The van der Waals surface area contributed by atoms with Gasteiger partial charge in [-0.15, -0.1) is 0 Å². The molecule has 0 aliphatic carbocycles. The van der Waals surface area contributed by atoms with Crippen LogP contribution >= 0.6 is 7.82 Å². The van der Waals surface area contributed by atoms with Crippen LogP contribution in [-0.2, 0) is 27.9 Å². The van der Waals surface area contributed by atoms with E-state index in [0.29, 0.717) is 17.4 Å². The van der Waals surface area contributed by atoms with Crippen LogP contribution < -0.4 is 5.32 Å². The summed E-state index contributed by atoms with van der Waals surface area (Å²) in [4.78, 5) is 37.7. The number of ether oxygens (including phenoxy) is 1. The van der Waals surface area contributed by atoms with Gasteiger partial charge < -0.3 is 19.4 Å². The average molecular weight is 1100 g/mol. The van der Waals surface area contributed by atoms with Crippen molar-refractivity contribution in [2.75, 3.05) is 40.9 Å². The Morgan fingerprint density at radius 3 is 1.21 bits per heavy atom. The quantitative estimate of drug-likeness (QED) is 0.0205. The van der Waals surface area contributed by atoms with Crippen molar-refractivity contribution in [1.82, 2.24) is 5.32 Å². The summed E-state index contributed by atoms with van der Waals surface area (Å²) < 4.78 is 30.7. The van der Waals surface area contributed by atoms with Crippen molar-refractivity contribution in [3.63, 3.8) is 0 Å². The molecule has 0 rings (SSSR count). The molecule has 0 heterocycles. The molecule has 0 spiro atoms. The number of quaternary nitrogens is 1. The minimum absolute atomic E-state index is 0.0361. The van der Waals surface area contributed by atoms with Gasteiger partial charge in [0.1, 0.15) is 19.3 Å². The fourth-order valence-corrected chi connectivity index (χ4v) is 9.83. The van der Waals surface area contributed by atoms with E-state index in [9.17, 15) is 19.0 Å². The Kier molecular flexibility index (Phi) is 54.8. The van der Waals surface area contributed by atoms with Gasteiger partial charge in [-0.25, -0.2) is 4.57 Å². The van der Waals surface area contributed by atoms with Gasteiger partial charge in [0.2, 0.25) is 5.91 Å². The summed E-state index contributed by atoms with van der Waals surface area (Å²) in [5.74, 6) is -0.515. The van der Waals surface area contributed by atoms with Crippen LogP contribution in [0.15, 0.2) is 72.9 Å². The Morgan fingerprint density at radius 1 is 0.455 bits per heavy atom. The Morgan fingerprint density at radius 2 is 0.792 bits per heavy atom. The molecule has 1 amide bonds. The van der Waals surface area contributed by atoms with Gasteiger partial charge in [0, 0.05) is 12.8 Å². The molecule has 0 saturated heterocycles. The van der Waals surface area contributed by atoms with Crippen molar-refractivity contribution < 1.29 is 37.3 Å². The molecule has 0 aromatic heterocycles. The zero-order chi connectivity index (χ0) is 56.4. The van der Waals surface area contributed by atoms with Crippen molar-refractivity contribution >= 4 is 19.7 Å². The van der Waals surface area contributed by atoms with Gasteiger partial charge in [-0.1, -0.05) is 248 Å². The summed E-state index contributed by atoms with van der Waals surface area (Å²) in [6, 6.07) is -0.856. The number of nitrogens with zero attached hydrogens (tertiary/aromatic N) is 1. The number of hydrogen-bond acceptors (Lipinski definition) is 6. The van der Waals surface area contributed by atoms with E-state index in [-0.39, 0.29) is 31.5 Å². The molecule has 0 aliphatic rings. The minimum atomic E-state index is -4.45. The third-order valence-electron chi connectivity index (χ3n) is 14.1. The van der Waals surface area contributed by atoms with E-state index in [2.05, 4.69) is 86.8 Å². The van der Waals surface area contributed by atoms with E-state index in [0.717, 1.165) is 96.3 Å². The summed E-state index contributed by atoms with van der Waals surface area (Å²) in [6.07, 6.45) is 73.2. The third-order valence-corrected chi connectivity index (χ3v) is 15.1. The predicted molar refractivity (Wildman–Crippen MR) is 332 cm³/mol. The van der Waals surface area contributed by atoms with E-state index >= 15 is 0 Å². The van der Waals surface area contributed by atoms with E-state index < -0.39 is 20.0 Å². The molecular formula is C67H124N2O7P+. The second-order valence-electron chi connectivity index (χ2n) is 22.9. The fourth-order valence-electron chi connectivity index (χ4n) is 9.10. The summed E-state index contributed by atoms with van der Waals surface area (Å²) in [6.45, 7) is 6.96. The Balaban J connectivity index is 5.19. The summed E-state index contributed by atoms with van der Waals surface area (Å²) in [5, 5.41) is 3.06. The van der Waals surface area contributed by atoms with Crippen LogP contribution in [0.3, 0.4) is 0 Å². The Labute approximate surface area is 476 Å². The second kappa shape index (κ2) is 56.7. The first-order valence-corrected chi connectivity index (χ1v) is 33.8. The lowest BCUT2D eigenvalue weighted by Crippen LogP contribution is -2.47. The molecule has 9 nitrogen and oxygen atoms in total. The van der Waals surface area contributed by atoms with Gasteiger partial charge in [-0.2, -0.15) is 0 Å². The lowest BCUT2D eigenvalue weighted by atomic mass is 10.0. The van der Waals surface area contributed by atoms with Gasteiger partial charge in [0.25, 0.3) is 0 Å². The van der Waals surface area contributed by atoms with Crippen LogP contribution in [0.1, 0.15) is 290 Å². The summed E-state index contributed by atoms with van der Waals surface area (Å²) in [5.41, 5.74) is 0. The monoisotopic (exact) mass is 1100 g/mol. The molecule has 0 fully saturated rings. The fraction of sp³-hybridized carbons (Fsp3) is 0.791. The lowest BCUT2D eigenvalue weighted by molar-refractivity contribution is -0.870. The van der Waals surface area contributed by atoms with E-state index in [1.165, 1.54) is 161 Å². The van der Waals surface area contributed by atoms with Gasteiger partial charge in [-0.3, -0.25) is 18.6 Å².